The Morgan fingerprint density at radius 2 is 2.00 bits per heavy atom. The molecule has 1 aromatic carbocycles. The number of carbonyl (C=O) groups is 2. The van der Waals surface area contributed by atoms with Gasteiger partial charge in [-0.15, -0.1) is 0 Å². The van der Waals surface area contributed by atoms with Gasteiger partial charge in [-0.25, -0.2) is 0 Å². The number of phenolic OH excluding ortho intramolecular Hbond substituents is 2. The maximum absolute atomic E-state index is 12.0. The fourth-order valence-corrected chi connectivity index (χ4v) is 1.72. The van der Waals surface area contributed by atoms with Crippen LogP contribution in [0.3, 0.4) is 0 Å². The molecule has 0 radical (unpaired) electrons. The predicted molar refractivity (Wildman–Crippen MR) is 78.4 cm³/mol. The van der Waals surface area contributed by atoms with Gasteiger partial charge in [0.2, 0.25) is 11.7 Å². The summed E-state index contributed by atoms with van der Waals surface area (Å²) in [4.78, 5) is 33.3. The van der Waals surface area contributed by atoms with Gasteiger partial charge in [0.1, 0.15) is 11.8 Å². The Bertz CT molecular complexity index is 794. The lowest BCUT2D eigenvalue weighted by atomic mass is 10.1. The lowest BCUT2D eigenvalue weighted by Crippen LogP contribution is -2.36. The molecule has 0 atom stereocenters. The van der Waals surface area contributed by atoms with E-state index in [4.69, 9.17) is 11.0 Å². The minimum Gasteiger partial charge on any atom is -0.506 e. The van der Waals surface area contributed by atoms with Crippen molar-refractivity contribution < 1.29 is 29.8 Å². The number of nitrogens with zero attached hydrogens (tertiary/aromatic N) is 3. The molecular formula is C13H12N4O7. The molecule has 0 spiro atoms. The zero-order valence-electron chi connectivity index (χ0n) is 12.3. The Morgan fingerprint density at radius 3 is 2.46 bits per heavy atom. The Morgan fingerprint density at radius 1 is 1.42 bits per heavy atom. The van der Waals surface area contributed by atoms with Crippen LogP contribution in [0.1, 0.15) is 5.56 Å². The minimum atomic E-state index is -1.07. The molecule has 0 saturated heterocycles. The maximum Gasteiger partial charge on any atom is 0.315 e. The first-order valence-corrected chi connectivity index (χ1v) is 6.18. The summed E-state index contributed by atoms with van der Waals surface area (Å²) >= 11 is 0. The number of primary amides is 1. The summed E-state index contributed by atoms with van der Waals surface area (Å²) in [5.41, 5.74) is 2.70. The Balaban J connectivity index is 3.45. The van der Waals surface area contributed by atoms with E-state index in [-0.39, 0.29) is 0 Å². The molecule has 24 heavy (non-hydrogen) atoms. The van der Waals surface area contributed by atoms with Crippen molar-refractivity contribution in [2.45, 2.75) is 0 Å². The molecule has 2 amide bonds. The highest BCUT2D eigenvalue weighted by Gasteiger charge is 2.25. The Kier molecular flexibility index (Phi) is 5.29. The lowest BCUT2D eigenvalue weighted by molar-refractivity contribution is -0.386. The number of nitrogens with two attached hydrogens (primary N) is 1. The van der Waals surface area contributed by atoms with E-state index >= 15 is 0 Å². The maximum atomic E-state index is 12.0. The van der Waals surface area contributed by atoms with Gasteiger partial charge in [0, 0.05) is 18.7 Å². The SMILES string of the molecule is CN(CC(N)=O)C(=O)/C(C#N)=C(\O)c1cc(O)c(O)c([N+](=O)[O-])c1. The van der Waals surface area contributed by atoms with Gasteiger partial charge in [0.15, 0.2) is 11.3 Å². The van der Waals surface area contributed by atoms with E-state index in [1.165, 1.54) is 6.07 Å². The number of aromatic hydroxyl groups is 2. The summed E-state index contributed by atoms with van der Waals surface area (Å²) in [6.07, 6.45) is 0. The highest BCUT2D eigenvalue weighted by atomic mass is 16.6. The van der Waals surface area contributed by atoms with Crippen molar-refractivity contribution in [2.75, 3.05) is 13.6 Å². The van der Waals surface area contributed by atoms with Crippen molar-refractivity contribution >= 4 is 23.3 Å². The van der Waals surface area contributed by atoms with Crippen molar-refractivity contribution in [3.8, 4) is 17.6 Å². The summed E-state index contributed by atoms with van der Waals surface area (Å²) in [5.74, 6) is -4.87. The topological polar surface area (TPSA) is 191 Å². The van der Waals surface area contributed by atoms with Gasteiger partial charge in [0.05, 0.1) is 11.5 Å². The summed E-state index contributed by atoms with van der Waals surface area (Å²) in [6.45, 7) is -0.529. The third-order valence-electron chi connectivity index (χ3n) is 2.84. The second-order valence-corrected chi connectivity index (χ2v) is 4.58. The number of rotatable bonds is 5. The van der Waals surface area contributed by atoms with Crippen LogP contribution >= 0.6 is 0 Å². The van der Waals surface area contributed by atoms with Gasteiger partial charge < -0.3 is 26.0 Å². The molecule has 0 unspecified atom stereocenters. The summed E-state index contributed by atoms with van der Waals surface area (Å²) in [6, 6.07) is 2.81. The van der Waals surface area contributed by atoms with E-state index in [1.54, 1.807) is 0 Å². The molecule has 1 rings (SSSR count). The van der Waals surface area contributed by atoms with Crippen LogP contribution < -0.4 is 5.73 Å². The standard InChI is InChI=1S/C13H12N4O7/c1-16(5-10(15)19)13(22)7(4-14)11(20)6-2-8(17(23)24)12(21)9(18)3-6/h2-3,18,20-21H,5H2,1H3,(H2,15,19)/b11-7-. The monoisotopic (exact) mass is 336 g/mol. The summed E-state index contributed by atoms with van der Waals surface area (Å²) < 4.78 is 0. The van der Waals surface area contributed by atoms with Gasteiger partial charge >= 0.3 is 5.69 Å². The van der Waals surface area contributed by atoms with Crippen LogP contribution in [0.15, 0.2) is 17.7 Å². The third-order valence-corrected chi connectivity index (χ3v) is 2.84. The number of nitro groups is 1. The number of hydrogen-bond acceptors (Lipinski definition) is 8. The molecule has 0 aliphatic carbocycles. The number of nitro benzene ring substituents is 1. The van der Waals surface area contributed by atoms with Crippen LogP contribution in [0, 0.1) is 21.4 Å². The molecule has 5 N–H and O–H groups in total. The third kappa shape index (κ3) is 3.69. The highest BCUT2D eigenvalue weighted by Crippen LogP contribution is 2.38. The molecule has 11 nitrogen and oxygen atoms in total. The molecule has 126 valence electrons. The number of phenols is 2. The predicted octanol–water partition coefficient (Wildman–Crippen LogP) is -0.258. The van der Waals surface area contributed by atoms with E-state index in [0.717, 1.165) is 18.0 Å². The first-order chi connectivity index (χ1) is 11.1. The molecular weight excluding hydrogens is 324 g/mol. The van der Waals surface area contributed by atoms with Crippen molar-refractivity contribution in [1.29, 1.82) is 5.26 Å². The number of aliphatic hydroxyl groups excluding tert-OH is 1. The Hall–Kier alpha value is -3.81. The van der Waals surface area contributed by atoms with Crippen LogP contribution in [0.4, 0.5) is 5.69 Å². The van der Waals surface area contributed by atoms with Gasteiger partial charge in [0.25, 0.3) is 5.91 Å². The molecule has 0 fully saturated rings. The molecule has 0 aromatic heterocycles. The van der Waals surface area contributed by atoms with Crippen LogP contribution in [-0.4, -0.2) is 50.5 Å². The van der Waals surface area contributed by atoms with Crippen molar-refractivity contribution in [3.05, 3.63) is 33.4 Å². The molecule has 0 bridgehead atoms. The van der Waals surface area contributed by atoms with E-state index < -0.39 is 57.4 Å². The summed E-state index contributed by atoms with van der Waals surface area (Å²) in [7, 11) is 1.15. The number of aliphatic hydroxyl groups is 1. The van der Waals surface area contributed by atoms with E-state index in [9.17, 15) is 35.0 Å². The number of hydrogen-bond donors (Lipinski definition) is 4. The van der Waals surface area contributed by atoms with Gasteiger partial charge in [-0.3, -0.25) is 19.7 Å². The highest BCUT2D eigenvalue weighted by molar-refractivity contribution is 6.04. The average molecular weight is 336 g/mol. The van der Waals surface area contributed by atoms with Crippen LogP contribution in [-0.2, 0) is 9.59 Å². The molecule has 0 heterocycles. The van der Waals surface area contributed by atoms with Crippen LogP contribution in [0.2, 0.25) is 0 Å². The molecule has 0 aliphatic rings. The van der Waals surface area contributed by atoms with Crippen molar-refractivity contribution in [3.63, 3.8) is 0 Å². The van der Waals surface area contributed by atoms with E-state index in [2.05, 4.69) is 0 Å². The minimum absolute atomic E-state index is 0.450. The Labute approximate surface area is 134 Å². The molecule has 0 aliphatic heterocycles. The second-order valence-electron chi connectivity index (χ2n) is 4.58. The molecule has 1 aromatic rings. The van der Waals surface area contributed by atoms with Crippen LogP contribution in [0.5, 0.6) is 11.5 Å². The second kappa shape index (κ2) is 6.97. The molecule has 0 saturated carbocycles. The zero-order valence-corrected chi connectivity index (χ0v) is 12.3. The normalized spacial score (nSPS) is 11.2. The first kappa shape index (κ1) is 18.2. The number of benzene rings is 1. The number of carbonyl (C=O) groups excluding carboxylic acids is 2. The molecule has 11 heteroatoms. The lowest BCUT2D eigenvalue weighted by Gasteiger charge is -2.15. The fourth-order valence-electron chi connectivity index (χ4n) is 1.72. The zero-order chi connectivity index (χ0) is 18.6. The number of nitriles is 1. The quantitative estimate of drug-likeness (QED) is 0.141. The van der Waals surface area contributed by atoms with Crippen molar-refractivity contribution in [2.24, 2.45) is 5.73 Å². The van der Waals surface area contributed by atoms with Gasteiger partial charge in [-0.1, -0.05) is 0 Å². The van der Waals surface area contributed by atoms with E-state index in [0.29, 0.717) is 6.07 Å². The number of amides is 2. The van der Waals surface area contributed by atoms with Gasteiger partial charge in [-0.05, 0) is 6.07 Å². The van der Waals surface area contributed by atoms with E-state index in [1.807, 2.05) is 0 Å². The number of likely N-dealkylation sites (N-methyl/N-ethyl adjacent to an activating group) is 1. The summed E-state index contributed by atoms with van der Waals surface area (Å²) in [5, 5.41) is 48.7. The first-order valence-electron chi connectivity index (χ1n) is 6.18. The largest absolute Gasteiger partial charge is 0.506 e. The fraction of sp³-hybridized carbons (Fsp3) is 0.154. The average Bonchev–Trinajstić information content (AvgIpc) is 2.49. The van der Waals surface area contributed by atoms with Gasteiger partial charge in [-0.2, -0.15) is 5.26 Å². The smallest absolute Gasteiger partial charge is 0.315 e. The van der Waals surface area contributed by atoms with Crippen LogP contribution in [0.25, 0.3) is 5.76 Å². The van der Waals surface area contributed by atoms with Crippen molar-refractivity contribution in [1.82, 2.24) is 4.90 Å².